The summed E-state index contributed by atoms with van der Waals surface area (Å²) in [6, 6.07) is 1.01. The van der Waals surface area contributed by atoms with Gasteiger partial charge < -0.3 is 15.2 Å². The van der Waals surface area contributed by atoms with Gasteiger partial charge in [0.05, 0.1) is 16.6 Å². The lowest BCUT2D eigenvalue weighted by atomic mass is 10.1. The van der Waals surface area contributed by atoms with Gasteiger partial charge in [0.15, 0.2) is 0 Å². The van der Waals surface area contributed by atoms with Gasteiger partial charge in [-0.2, -0.15) is 0 Å². The standard InChI is InChI=1S/C13H17N3O5/c17-13(18)9-7-11(16(19)20)12(15-8-9)14-5-4-10-3-1-2-6-21-10/h7-8,10H,1-6H2,(H,14,15)(H,17,18). The minimum atomic E-state index is -1.24. The molecule has 2 N–H and O–H groups in total. The Bertz CT molecular complexity index is 529. The molecule has 1 saturated heterocycles. The molecule has 1 aliphatic heterocycles. The van der Waals surface area contributed by atoms with E-state index in [-0.39, 0.29) is 23.2 Å². The molecular weight excluding hydrogens is 278 g/mol. The fourth-order valence-electron chi connectivity index (χ4n) is 2.23. The van der Waals surface area contributed by atoms with E-state index in [1.54, 1.807) is 0 Å². The number of nitrogens with one attached hydrogen (secondary N) is 1. The second-order valence-corrected chi connectivity index (χ2v) is 4.86. The predicted molar refractivity (Wildman–Crippen MR) is 74.5 cm³/mol. The number of aromatic carboxylic acids is 1. The zero-order chi connectivity index (χ0) is 15.2. The lowest BCUT2D eigenvalue weighted by molar-refractivity contribution is -0.384. The van der Waals surface area contributed by atoms with Gasteiger partial charge in [-0.3, -0.25) is 10.1 Å². The highest BCUT2D eigenvalue weighted by atomic mass is 16.6. The topological polar surface area (TPSA) is 115 Å². The molecule has 0 aliphatic carbocycles. The molecule has 1 aromatic heterocycles. The molecule has 2 rings (SSSR count). The number of nitro groups is 1. The average Bonchev–Trinajstić information content (AvgIpc) is 2.48. The van der Waals surface area contributed by atoms with Gasteiger partial charge in [-0.05, 0) is 25.7 Å². The molecule has 1 fully saturated rings. The van der Waals surface area contributed by atoms with E-state index in [0.717, 1.165) is 44.6 Å². The van der Waals surface area contributed by atoms with Crippen LogP contribution < -0.4 is 5.32 Å². The van der Waals surface area contributed by atoms with E-state index in [2.05, 4.69) is 10.3 Å². The van der Waals surface area contributed by atoms with Crippen molar-refractivity contribution in [1.82, 2.24) is 4.98 Å². The molecule has 1 aromatic rings. The fraction of sp³-hybridized carbons (Fsp3) is 0.538. The third-order valence-electron chi connectivity index (χ3n) is 3.34. The van der Waals surface area contributed by atoms with Crippen LogP contribution in [0.1, 0.15) is 36.0 Å². The van der Waals surface area contributed by atoms with Crippen molar-refractivity contribution < 1.29 is 19.6 Å². The minimum absolute atomic E-state index is 0.0841. The van der Waals surface area contributed by atoms with Crippen LogP contribution in [-0.4, -0.2) is 40.2 Å². The molecule has 0 spiro atoms. The van der Waals surface area contributed by atoms with E-state index in [1.807, 2.05) is 0 Å². The first-order valence-electron chi connectivity index (χ1n) is 6.81. The molecule has 8 nitrogen and oxygen atoms in total. The van der Waals surface area contributed by atoms with E-state index < -0.39 is 10.9 Å². The van der Waals surface area contributed by atoms with E-state index >= 15 is 0 Å². The molecule has 114 valence electrons. The van der Waals surface area contributed by atoms with E-state index in [9.17, 15) is 14.9 Å². The number of hydrogen-bond donors (Lipinski definition) is 2. The van der Waals surface area contributed by atoms with E-state index in [1.165, 1.54) is 0 Å². The Labute approximate surface area is 121 Å². The molecule has 1 aliphatic rings. The largest absolute Gasteiger partial charge is 0.478 e. The quantitative estimate of drug-likeness (QED) is 0.609. The maximum absolute atomic E-state index is 11.0. The minimum Gasteiger partial charge on any atom is -0.478 e. The van der Waals surface area contributed by atoms with Crippen LogP contribution >= 0.6 is 0 Å². The molecular formula is C13H17N3O5. The van der Waals surface area contributed by atoms with Crippen LogP contribution in [0.2, 0.25) is 0 Å². The Kier molecular flexibility index (Phi) is 5.04. The zero-order valence-corrected chi connectivity index (χ0v) is 11.4. The Morgan fingerprint density at radius 3 is 3.00 bits per heavy atom. The molecule has 0 aromatic carbocycles. The van der Waals surface area contributed by atoms with Crippen LogP contribution in [0.5, 0.6) is 0 Å². The summed E-state index contributed by atoms with van der Waals surface area (Å²) in [7, 11) is 0. The van der Waals surface area contributed by atoms with E-state index in [0.29, 0.717) is 6.54 Å². The molecule has 0 saturated carbocycles. The molecule has 0 amide bonds. The number of aromatic nitrogens is 1. The highest BCUT2D eigenvalue weighted by Crippen LogP contribution is 2.23. The Hall–Kier alpha value is -2.22. The molecule has 21 heavy (non-hydrogen) atoms. The molecule has 8 heteroatoms. The average molecular weight is 295 g/mol. The first-order chi connectivity index (χ1) is 10.1. The van der Waals surface area contributed by atoms with Gasteiger partial charge in [0.1, 0.15) is 0 Å². The normalized spacial score (nSPS) is 18.2. The van der Waals surface area contributed by atoms with Gasteiger partial charge >= 0.3 is 11.7 Å². The first kappa shape index (κ1) is 15.2. The number of rotatable bonds is 6. The van der Waals surface area contributed by atoms with Crippen molar-refractivity contribution in [2.24, 2.45) is 0 Å². The fourth-order valence-corrected chi connectivity index (χ4v) is 2.23. The smallest absolute Gasteiger partial charge is 0.337 e. The monoisotopic (exact) mass is 295 g/mol. The SMILES string of the molecule is O=C(O)c1cnc(NCCC2CCCCO2)c([N+](=O)[O-])c1. The van der Waals surface area contributed by atoms with Gasteiger partial charge in [0, 0.05) is 25.4 Å². The number of hydrogen-bond acceptors (Lipinski definition) is 6. The Morgan fingerprint density at radius 2 is 2.38 bits per heavy atom. The van der Waals surface area contributed by atoms with Crippen LogP contribution in [0.4, 0.5) is 11.5 Å². The molecule has 2 heterocycles. The van der Waals surface area contributed by atoms with Gasteiger partial charge in [0.25, 0.3) is 0 Å². The number of carboxylic acids is 1. The van der Waals surface area contributed by atoms with Crippen molar-refractivity contribution in [3.05, 3.63) is 27.9 Å². The number of pyridine rings is 1. The van der Waals surface area contributed by atoms with Crippen molar-refractivity contribution >= 4 is 17.5 Å². The first-order valence-corrected chi connectivity index (χ1v) is 6.81. The summed E-state index contributed by atoms with van der Waals surface area (Å²) in [4.78, 5) is 25.0. The third-order valence-corrected chi connectivity index (χ3v) is 3.34. The number of anilines is 1. The zero-order valence-electron chi connectivity index (χ0n) is 11.4. The van der Waals surface area contributed by atoms with Gasteiger partial charge in [0.2, 0.25) is 5.82 Å². The third kappa shape index (κ3) is 4.12. The van der Waals surface area contributed by atoms with Gasteiger partial charge in [-0.15, -0.1) is 0 Å². The second-order valence-electron chi connectivity index (χ2n) is 4.86. The van der Waals surface area contributed by atoms with Crippen molar-refractivity contribution in [1.29, 1.82) is 0 Å². The molecule has 0 radical (unpaired) electrons. The Balaban J connectivity index is 1.98. The summed E-state index contributed by atoms with van der Waals surface area (Å²) in [6.45, 7) is 1.25. The summed E-state index contributed by atoms with van der Waals surface area (Å²) >= 11 is 0. The van der Waals surface area contributed by atoms with Crippen molar-refractivity contribution in [3.63, 3.8) is 0 Å². The summed E-state index contributed by atoms with van der Waals surface area (Å²) in [5.74, 6) is -1.16. The highest BCUT2D eigenvalue weighted by molar-refractivity contribution is 5.88. The van der Waals surface area contributed by atoms with Crippen molar-refractivity contribution in [2.45, 2.75) is 31.8 Å². The lowest BCUT2D eigenvalue weighted by Gasteiger charge is -2.22. The maximum Gasteiger partial charge on any atom is 0.337 e. The van der Waals surface area contributed by atoms with Crippen LogP contribution in [0.25, 0.3) is 0 Å². The molecule has 0 bridgehead atoms. The van der Waals surface area contributed by atoms with Crippen LogP contribution in [0.15, 0.2) is 12.3 Å². The number of carbonyl (C=O) groups is 1. The summed E-state index contributed by atoms with van der Waals surface area (Å²) in [6.07, 6.45) is 5.22. The number of ether oxygens (including phenoxy) is 1. The maximum atomic E-state index is 11.0. The van der Waals surface area contributed by atoms with Crippen molar-refractivity contribution in [2.75, 3.05) is 18.5 Å². The van der Waals surface area contributed by atoms with E-state index in [4.69, 9.17) is 9.84 Å². The molecule has 1 unspecified atom stereocenters. The van der Waals surface area contributed by atoms with Crippen LogP contribution in [0.3, 0.4) is 0 Å². The number of carboxylic acid groups (broad SMARTS) is 1. The highest BCUT2D eigenvalue weighted by Gasteiger charge is 2.19. The van der Waals surface area contributed by atoms with Crippen molar-refractivity contribution in [3.8, 4) is 0 Å². The predicted octanol–water partition coefficient (Wildman–Crippen LogP) is 2.06. The molecule has 1 atom stereocenters. The second kappa shape index (κ2) is 6.98. The number of nitrogens with zero attached hydrogens (tertiary/aromatic N) is 2. The van der Waals surface area contributed by atoms with Crippen LogP contribution in [0, 0.1) is 10.1 Å². The summed E-state index contributed by atoms with van der Waals surface area (Å²) in [5, 5.41) is 22.7. The lowest BCUT2D eigenvalue weighted by Crippen LogP contribution is -2.22. The van der Waals surface area contributed by atoms with Crippen LogP contribution in [-0.2, 0) is 4.74 Å². The Morgan fingerprint density at radius 1 is 1.57 bits per heavy atom. The summed E-state index contributed by atoms with van der Waals surface area (Å²) in [5.41, 5.74) is -0.540. The van der Waals surface area contributed by atoms with Gasteiger partial charge in [-0.25, -0.2) is 9.78 Å². The summed E-state index contributed by atoms with van der Waals surface area (Å²) < 4.78 is 5.57. The van der Waals surface area contributed by atoms with Gasteiger partial charge in [-0.1, -0.05) is 0 Å².